The van der Waals surface area contributed by atoms with E-state index in [9.17, 15) is 14.7 Å². The number of likely N-dealkylation sites (tertiary alicyclic amines) is 1. The number of esters is 1. The van der Waals surface area contributed by atoms with Crippen molar-refractivity contribution < 1.29 is 19.4 Å². The summed E-state index contributed by atoms with van der Waals surface area (Å²) in [6.07, 6.45) is -0.667. The van der Waals surface area contributed by atoms with Gasteiger partial charge >= 0.3 is 12.0 Å². The Labute approximate surface area is 138 Å². The Bertz CT molecular complexity index is 686. The Balaban J connectivity index is 2.21. The third kappa shape index (κ3) is 3.23. The van der Waals surface area contributed by atoms with Crippen molar-refractivity contribution in [3.63, 3.8) is 0 Å². The van der Waals surface area contributed by atoms with Gasteiger partial charge in [0.15, 0.2) is 6.04 Å². The Morgan fingerprint density at radius 3 is 2.83 bits per heavy atom. The molecular weight excluding hydrogens is 322 g/mol. The van der Waals surface area contributed by atoms with Crippen LogP contribution < -0.4 is 5.32 Å². The van der Waals surface area contributed by atoms with Crippen LogP contribution in [0.25, 0.3) is 0 Å². The first-order valence-electron chi connectivity index (χ1n) is 6.93. The number of anilines is 1. The zero-order valence-corrected chi connectivity index (χ0v) is 13.4. The highest BCUT2D eigenvalue weighted by molar-refractivity contribution is 6.33. The number of nitrogens with zero attached hydrogens (tertiary/aromatic N) is 2. The fourth-order valence-electron chi connectivity index (χ4n) is 2.50. The SMILES string of the molecule is COC(=O)[C@@H]1C(O)CCN1C(=O)Nc1ccc(C#N)c(Cl)c1C. The van der Waals surface area contributed by atoms with E-state index in [2.05, 4.69) is 10.1 Å². The van der Waals surface area contributed by atoms with Crippen LogP contribution in [0.2, 0.25) is 5.02 Å². The topological polar surface area (TPSA) is 103 Å². The number of nitriles is 1. The Hall–Kier alpha value is -2.30. The number of carbonyl (C=O) groups excluding carboxylic acids is 2. The number of urea groups is 1. The van der Waals surface area contributed by atoms with Gasteiger partial charge in [-0.3, -0.25) is 0 Å². The first-order valence-corrected chi connectivity index (χ1v) is 7.31. The first kappa shape index (κ1) is 17.1. The Kier molecular flexibility index (Phi) is 5.08. The largest absolute Gasteiger partial charge is 0.467 e. The molecule has 8 heteroatoms. The third-order valence-corrected chi connectivity index (χ3v) is 4.31. The number of hydrogen-bond donors (Lipinski definition) is 2. The summed E-state index contributed by atoms with van der Waals surface area (Å²) in [5.41, 5.74) is 1.30. The van der Waals surface area contributed by atoms with Gasteiger partial charge in [0.25, 0.3) is 0 Å². The maximum Gasteiger partial charge on any atom is 0.331 e. The Morgan fingerprint density at radius 2 is 2.22 bits per heavy atom. The number of hydrogen-bond acceptors (Lipinski definition) is 5. The molecule has 23 heavy (non-hydrogen) atoms. The molecule has 2 rings (SSSR count). The summed E-state index contributed by atoms with van der Waals surface area (Å²) in [5.74, 6) is -0.667. The quantitative estimate of drug-likeness (QED) is 0.799. The molecule has 2 atom stereocenters. The molecule has 0 saturated carbocycles. The van der Waals surface area contributed by atoms with Gasteiger partial charge in [0.2, 0.25) is 0 Å². The maximum absolute atomic E-state index is 12.4. The highest BCUT2D eigenvalue weighted by Crippen LogP contribution is 2.28. The molecule has 1 saturated heterocycles. The van der Waals surface area contributed by atoms with E-state index < -0.39 is 24.1 Å². The zero-order chi connectivity index (χ0) is 17.1. The van der Waals surface area contributed by atoms with Crippen LogP contribution in [0.4, 0.5) is 10.5 Å². The van der Waals surface area contributed by atoms with Crippen molar-refractivity contribution in [2.24, 2.45) is 0 Å². The number of carbonyl (C=O) groups is 2. The molecule has 1 aromatic rings. The molecule has 0 bridgehead atoms. The van der Waals surface area contributed by atoms with Crippen LogP contribution in [0.15, 0.2) is 12.1 Å². The van der Waals surface area contributed by atoms with Gasteiger partial charge in [0.1, 0.15) is 6.07 Å². The molecule has 0 aromatic heterocycles. The first-order chi connectivity index (χ1) is 10.9. The number of aliphatic hydroxyl groups is 1. The van der Waals surface area contributed by atoms with Crippen molar-refractivity contribution in [2.45, 2.75) is 25.5 Å². The number of halogens is 1. The normalized spacial score (nSPS) is 20.0. The van der Waals surface area contributed by atoms with Crippen LogP contribution in [-0.4, -0.2) is 47.8 Å². The van der Waals surface area contributed by atoms with Crippen LogP contribution in [0.5, 0.6) is 0 Å². The highest BCUT2D eigenvalue weighted by atomic mass is 35.5. The van der Waals surface area contributed by atoms with Crippen molar-refractivity contribution in [2.75, 3.05) is 19.0 Å². The lowest BCUT2D eigenvalue weighted by atomic mass is 10.1. The maximum atomic E-state index is 12.4. The molecule has 0 spiro atoms. The monoisotopic (exact) mass is 337 g/mol. The molecule has 1 unspecified atom stereocenters. The lowest BCUT2D eigenvalue weighted by Gasteiger charge is -2.24. The number of ether oxygens (including phenoxy) is 1. The van der Waals surface area contributed by atoms with Gasteiger partial charge in [-0.15, -0.1) is 0 Å². The van der Waals surface area contributed by atoms with Gasteiger partial charge < -0.3 is 20.1 Å². The second kappa shape index (κ2) is 6.86. The molecule has 1 aliphatic rings. The average molecular weight is 338 g/mol. The van der Waals surface area contributed by atoms with Gasteiger partial charge in [0.05, 0.1) is 23.8 Å². The minimum Gasteiger partial charge on any atom is -0.467 e. The van der Waals surface area contributed by atoms with E-state index in [1.165, 1.54) is 18.1 Å². The summed E-state index contributed by atoms with van der Waals surface area (Å²) in [6, 6.07) is 3.45. The molecule has 7 nitrogen and oxygen atoms in total. The summed E-state index contributed by atoms with van der Waals surface area (Å²) in [5, 5.41) is 21.7. The molecule has 1 aromatic carbocycles. The molecule has 1 aliphatic heterocycles. The number of methoxy groups -OCH3 is 1. The van der Waals surface area contributed by atoms with E-state index in [1.54, 1.807) is 13.0 Å². The number of amides is 2. The number of rotatable bonds is 2. The zero-order valence-electron chi connectivity index (χ0n) is 12.7. The summed E-state index contributed by atoms with van der Waals surface area (Å²) in [7, 11) is 1.20. The van der Waals surface area contributed by atoms with E-state index in [1.807, 2.05) is 6.07 Å². The number of aliphatic hydroxyl groups excluding tert-OH is 1. The predicted octanol–water partition coefficient (Wildman–Crippen LogP) is 1.66. The summed E-state index contributed by atoms with van der Waals surface area (Å²) >= 11 is 6.06. The van der Waals surface area contributed by atoms with E-state index in [-0.39, 0.29) is 11.6 Å². The minimum absolute atomic E-state index is 0.232. The van der Waals surface area contributed by atoms with E-state index in [4.69, 9.17) is 16.9 Å². The van der Waals surface area contributed by atoms with Gasteiger partial charge in [-0.05, 0) is 31.0 Å². The van der Waals surface area contributed by atoms with Crippen LogP contribution >= 0.6 is 11.6 Å². The molecule has 122 valence electrons. The second-order valence-electron chi connectivity index (χ2n) is 5.16. The van der Waals surface area contributed by atoms with Crippen molar-refractivity contribution in [3.05, 3.63) is 28.3 Å². The third-order valence-electron chi connectivity index (χ3n) is 3.82. The molecule has 0 aliphatic carbocycles. The van der Waals surface area contributed by atoms with Crippen LogP contribution in [0.3, 0.4) is 0 Å². The van der Waals surface area contributed by atoms with Gasteiger partial charge in [-0.25, -0.2) is 9.59 Å². The predicted molar refractivity (Wildman–Crippen MR) is 83.1 cm³/mol. The smallest absolute Gasteiger partial charge is 0.331 e. The van der Waals surface area contributed by atoms with Gasteiger partial charge in [-0.2, -0.15) is 5.26 Å². The molecule has 2 amide bonds. The molecule has 1 fully saturated rings. The summed E-state index contributed by atoms with van der Waals surface area (Å²) in [4.78, 5) is 25.4. The lowest BCUT2D eigenvalue weighted by Crippen LogP contribution is -2.47. The second-order valence-corrected chi connectivity index (χ2v) is 5.54. The van der Waals surface area contributed by atoms with Crippen LogP contribution in [0.1, 0.15) is 17.5 Å². The molecule has 1 heterocycles. The fourth-order valence-corrected chi connectivity index (χ4v) is 2.71. The van der Waals surface area contributed by atoms with E-state index in [0.717, 1.165) is 0 Å². The number of benzene rings is 1. The minimum atomic E-state index is -1.03. The van der Waals surface area contributed by atoms with Crippen molar-refractivity contribution in [3.8, 4) is 6.07 Å². The van der Waals surface area contributed by atoms with Crippen molar-refractivity contribution >= 4 is 29.3 Å². The fraction of sp³-hybridized carbons (Fsp3) is 0.400. The summed E-state index contributed by atoms with van der Waals surface area (Å²) in [6.45, 7) is 1.91. The van der Waals surface area contributed by atoms with E-state index in [0.29, 0.717) is 23.2 Å². The number of nitrogens with one attached hydrogen (secondary N) is 1. The van der Waals surface area contributed by atoms with Gasteiger partial charge in [0, 0.05) is 12.2 Å². The van der Waals surface area contributed by atoms with E-state index >= 15 is 0 Å². The lowest BCUT2D eigenvalue weighted by molar-refractivity contribution is -0.147. The standard InChI is InChI=1S/C15H16ClN3O4/c1-8-10(4-3-9(7-17)12(8)16)18-15(22)19-6-5-11(20)13(19)14(21)23-2/h3-4,11,13,20H,5-6H2,1-2H3,(H,18,22)/t11?,13-/m0/s1. The van der Waals surface area contributed by atoms with Crippen molar-refractivity contribution in [1.82, 2.24) is 4.90 Å². The molecule has 2 N–H and O–H groups in total. The molecule has 0 radical (unpaired) electrons. The van der Waals surface area contributed by atoms with Crippen molar-refractivity contribution in [1.29, 1.82) is 5.26 Å². The Morgan fingerprint density at radius 1 is 1.52 bits per heavy atom. The van der Waals surface area contributed by atoms with Crippen LogP contribution in [0, 0.1) is 18.3 Å². The highest BCUT2D eigenvalue weighted by Gasteiger charge is 2.42. The van der Waals surface area contributed by atoms with Gasteiger partial charge in [-0.1, -0.05) is 11.6 Å². The molecular formula is C15H16ClN3O4. The summed E-state index contributed by atoms with van der Waals surface area (Å²) < 4.78 is 4.63. The average Bonchev–Trinajstić information content (AvgIpc) is 2.93. The van der Waals surface area contributed by atoms with Crippen LogP contribution in [-0.2, 0) is 9.53 Å².